The zero-order valence-electron chi connectivity index (χ0n) is 21.6. The quantitative estimate of drug-likeness (QED) is 0.588. The van der Waals surface area contributed by atoms with Crippen molar-refractivity contribution in [3.8, 4) is 11.3 Å². The van der Waals surface area contributed by atoms with Gasteiger partial charge in [0.15, 0.2) is 11.5 Å². The maximum absolute atomic E-state index is 16.2. The van der Waals surface area contributed by atoms with Crippen molar-refractivity contribution in [2.75, 3.05) is 44.3 Å². The van der Waals surface area contributed by atoms with E-state index in [-0.39, 0.29) is 23.3 Å². The highest BCUT2D eigenvalue weighted by Crippen LogP contribution is 2.36. The molecule has 2 saturated heterocycles. The van der Waals surface area contributed by atoms with E-state index in [0.29, 0.717) is 67.5 Å². The number of morpholine rings is 1. The van der Waals surface area contributed by atoms with Gasteiger partial charge in [0.25, 0.3) is 5.91 Å². The molecule has 5 rings (SSSR count). The van der Waals surface area contributed by atoms with E-state index in [1.54, 1.807) is 34.4 Å². The third kappa shape index (κ3) is 4.24. The number of halogens is 1. The van der Waals surface area contributed by atoms with Crippen LogP contribution in [0.5, 0.6) is 0 Å². The van der Waals surface area contributed by atoms with Crippen molar-refractivity contribution in [1.29, 1.82) is 0 Å². The van der Waals surface area contributed by atoms with Gasteiger partial charge in [-0.05, 0) is 39.5 Å². The number of carbonyl (C=O) groups is 1. The molecular formula is C25H34FN7O3. The minimum Gasteiger partial charge on any atom is -0.390 e. The second-order valence-electron chi connectivity index (χ2n) is 10.4. The van der Waals surface area contributed by atoms with E-state index >= 15 is 4.39 Å². The van der Waals surface area contributed by atoms with Crippen LogP contribution < -0.4 is 4.90 Å². The van der Waals surface area contributed by atoms with Crippen molar-refractivity contribution in [3.05, 3.63) is 23.5 Å². The van der Waals surface area contributed by atoms with Crippen LogP contribution in [0.2, 0.25) is 0 Å². The van der Waals surface area contributed by atoms with Crippen molar-refractivity contribution in [1.82, 2.24) is 29.2 Å². The van der Waals surface area contributed by atoms with Crippen LogP contribution in [0.15, 0.2) is 6.20 Å². The lowest BCUT2D eigenvalue weighted by molar-refractivity contribution is -0.0110. The van der Waals surface area contributed by atoms with E-state index in [4.69, 9.17) is 4.74 Å². The zero-order chi connectivity index (χ0) is 25.8. The maximum atomic E-state index is 16.2. The standard InChI is InChI=1S/C25H34FN7O3/c1-15-17(14-30(4)29-15)19-18(26)21(32-10-12-36-13-11-32)20-22(27-19)31(5)23(28-20)24(34)33-8-6-16(7-9-33)25(2,3)35/h14,16,35H,6-13H2,1-5H3. The van der Waals surface area contributed by atoms with E-state index in [2.05, 4.69) is 15.1 Å². The highest BCUT2D eigenvalue weighted by Gasteiger charge is 2.34. The summed E-state index contributed by atoms with van der Waals surface area (Å²) in [6, 6.07) is 0. The molecule has 3 aromatic rings. The topological polar surface area (TPSA) is 102 Å². The number of piperidine rings is 1. The van der Waals surface area contributed by atoms with Crippen LogP contribution in [-0.4, -0.2) is 85.2 Å². The van der Waals surface area contributed by atoms with Crippen molar-refractivity contribution in [2.24, 2.45) is 20.0 Å². The van der Waals surface area contributed by atoms with Gasteiger partial charge in [-0.2, -0.15) is 5.10 Å². The molecule has 0 aliphatic carbocycles. The Bertz CT molecular complexity index is 1300. The minimum absolute atomic E-state index is 0.135. The van der Waals surface area contributed by atoms with Gasteiger partial charge in [-0.3, -0.25) is 9.48 Å². The molecular weight excluding hydrogens is 465 g/mol. The first-order chi connectivity index (χ1) is 17.1. The average Bonchev–Trinajstić information content (AvgIpc) is 3.35. The van der Waals surface area contributed by atoms with Gasteiger partial charge in [-0.15, -0.1) is 0 Å². The van der Waals surface area contributed by atoms with Crippen LogP contribution in [-0.2, 0) is 18.8 Å². The largest absolute Gasteiger partial charge is 0.390 e. The Hall–Kier alpha value is -3.05. The molecule has 2 aliphatic heterocycles. The summed E-state index contributed by atoms with van der Waals surface area (Å²) >= 11 is 0. The van der Waals surface area contributed by atoms with Crippen molar-refractivity contribution >= 4 is 22.8 Å². The lowest BCUT2D eigenvalue weighted by Gasteiger charge is -2.37. The number of pyridine rings is 1. The molecule has 2 aliphatic rings. The van der Waals surface area contributed by atoms with E-state index in [1.807, 2.05) is 25.7 Å². The summed E-state index contributed by atoms with van der Waals surface area (Å²) in [5.41, 5.74) is 1.86. The number of nitrogens with zero attached hydrogens (tertiary/aromatic N) is 7. The molecule has 36 heavy (non-hydrogen) atoms. The van der Waals surface area contributed by atoms with E-state index in [9.17, 15) is 9.90 Å². The highest BCUT2D eigenvalue weighted by atomic mass is 19.1. The number of likely N-dealkylation sites (tertiary alicyclic amines) is 1. The molecule has 5 heterocycles. The molecule has 0 bridgehead atoms. The average molecular weight is 500 g/mol. The number of carbonyl (C=O) groups excluding carboxylic acids is 1. The third-order valence-corrected chi connectivity index (χ3v) is 7.49. The lowest BCUT2D eigenvalue weighted by Crippen LogP contribution is -2.44. The van der Waals surface area contributed by atoms with Gasteiger partial charge < -0.3 is 24.2 Å². The fourth-order valence-corrected chi connectivity index (χ4v) is 5.36. The molecule has 0 unspecified atom stereocenters. The van der Waals surface area contributed by atoms with E-state index in [0.717, 1.165) is 12.8 Å². The SMILES string of the molecule is Cc1nn(C)cc1-c1nc2c(nc(C(=O)N3CCC(C(C)(C)O)CC3)n2C)c(N2CCOCC2)c1F. The Kier molecular flexibility index (Phi) is 6.24. The van der Waals surface area contributed by atoms with Crippen LogP contribution in [0.1, 0.15) is 43.0 Å². The van der Waals surface area contributed by atoms with Gasteiger partial charge >= 0.3 is 0 Å². The summed E-state index contributed by atoms with van der Waals surface area (Å²) in [7, 11) is 3.54. The third-order valence-electron chi connectivity index (χ3n) is 7.49. The van der Waals surface area contributed by atoms with Crippen LogP contribution >= 0.6 is 0 Å². The number of hydrogen-bond acceptors (Lipinski definition) is 7. The summed E-state index contributed by atoms with van der Waals surface area (Å²) < 4.78 is 25.0. The predicted molar refractivity (Wildman–Crippen MR) is 133 cm³/mol. The van der Waals surface area contributed by atoms with Crippen LogP contribution in [0.25, 0.3) is 22.4 Å². The number of aromatic nitrogens is 5. The molecule has 3 aromatic heterocycles. The molecule has 2 fully saturated rings. The maximum Gasteiger partial charge on any atom is 0.289 e. The fourth-order valence-electron chi connectivity index (χ4n) is 5.36. The monoisotopic (exact) mass is 499 g/mol. The van der Waals surface area contributed by atoms with E-state index in [1.165, 1.54) is 0 Å². The summed E-state index contributed by atoms with van der Waals surface area (Å²) in [6.07, 6.45) is 3.19. The summed E-state index contributed by atoms with van der Waals surface area (Å²) in [6.45, 7) is 8.54. The number of aliphatic hydroxyl groups is 1. The van der Waals surface area contributed by atoms with Crippen molar-refractivity contribution in [3.63, 3.8) is 0 Å². The molecule has 0 aromatic carbocycles. The molecule has 0 radical (unpaired) electrons. The molecule has 0 saturated carbocycles. The number of aryl methyl sites for hydroxylation is 3. The molecule has 11 heteroatoms. The van der Waals surface area contributed by atoms with Gasteiger partial charge in [0.1, 0.15) is 16.9 Å². The van der Waals surface area contributed by atoms with Gasteiger partial charge in [0.05, 0.1) is 24.5 Å². The van der Waals surface area contributed by atoms with Crippen LogP contribution in [0, 0.1) is 18.7 Å². The number of rotatable bonds is 4. The van der Waals surface area contributed by atoms with Gasteiger partial charge in [-0.25, -0.2) is 14.4 Å². The number of hydrogen-bond donors (Lipinski definition) is 1. The Morgan fingerprint density at radius 2 is 1.81 bits per heavy atom. The molecule has 0 atom stereocenters. The Balaban J connectivity index is 1.59. The Labute approximate surface area is 209 Å². The second-order valence-corrected chi connectivity index (χ2v) is 10.4. The Morgan fingerprint density at radius 1 is 1.14 bits per heavy atom. The number of fused-ring (bicyclic) bond motifs is 1. The van der Waals surface area contributed by atoms with E-state index < -0.39 is 11.4 Å². The van der Waals surface area contributed by atoms with Crippen LogP contribution in [0.4, 0.5) is 10.1 Å². The molecule has 1 N–H and O–H groups in total. The zero-order valence-corrected chi connectivity index (χ0v) is 21.6. The normalized spacial score (nSPS) is 17.9. The lowest BCUT2D eigenvalue weighted by atomic mass is 9.83. The summed E-state index contributed by atoms with van der Waals surface area (Å²) in [4.78, 5) is 26.6. The predicted octanol–water partition coefficient (Wildman–Crippen LogP) is 2.28. The molecule has 10 nitrogen and oxygen atoms in total. The first kappa shape index (κ1) is 24.6. The summed E-state index contributed by atoms with van der Waals surface area (Å²) in [5, 5.41) is 14.7. The first-order valence-corrected chi connectivity index (χ1v) is 12.5. The van der Waals surface area contributed by atoms with Gasteiger partial charge in [0, 0.05) is 52.0 Å². The second kappa shape index (κ2) is 9.11. The molecule has 1 amide bonds. The molecule has 194 valence electrons. The smallest absolute Gasteiger partial charge is 0.289 e. The van der Waals surface area contributed by atoms with Crippen molar-refractivity contribution < 1.29 is 19.0 Å². The Morgan fingerprint density at radius 3 is 2.39 bits per heavy atom. The number of imidazole rings is 1. The molecule has 0 spiro atoms. The minimum atomic E-state index is -0.775. The number of ether oxygens (including phenoxy) is 1. The first-order valence-electron chi connectivity index (χ1n) is 12.5. The fraction of sp³-hybridized carbons (Fsp3) is 0.600. The van der Waals surface area contributed by atoms with Gasteiger partial charge in [0.2, 0.25) is 5.82 Å². The summed E-state index contributed by atoms with van der Waals surface area (Å²) in [5.74, 6) is -0.315. The van der Waals surface area contributed by atoms with Gasteiger partial charge in [-0.1, -0.05) is 0 Å². The number of anilines is 1. The van der Waals surface area contributed by atoms with Crippen LogP contribution in [0.3, 0.4) is 0 Å². The highest BCUT2D eigenvalue weighted by molar-refractivity contribution is 5.98. The van der Waals surface area contributed by atoms with Crippen molar-refractivity contribution in [2.45, 2.75) is 39.2 Å². The number of amides is 1.